The van der Waals surface area contributed by atoms with Gasteiger partial charge in [0.15, 0.2) is 0 Å². The summed E-state index contributed by atoms with van der Waals surface area (Å²) in [5, 5.41) is 1.02. The summed E-state index contributed by atoms with van der Waals surface area (Å²) in [4.78, 5) is 0. The lowest BCUT2D eigenvalue weighted by molar-refractivity contribution is -0.139. The van der Waals surface area contributed by atoms with E-state index in [9.17, 15) is 17.6 Å². The molecule has 2 fully saturated rings. The molecule has 0 radical (unpaired) electrons. The van der Waals surface area contributed by atoms with Crippen molar-refractivity contribution >= 4 is 10.8 Å². The first-order chi connectivity index (χ1) is 14.3. The van der Waals surface area contributed by atoms with Crippen molar-refractivity contribution in [1.82, 2.24) is 0 Å². The van der Waals surface area contributed by atoms with Crippen molar-refractivity contribution in [2.75, 3.05) is 0 Å². The minimum Gasteiger partial charge on any atom is -0.206 e. The molecule has 2 aliphatic rings. The molecule has 4 atom stereocenters. The van der Waals surface area contributed by atoms with E-state index in [1.54, 1.807) is 6.07 Å². The Morgan fingerprint density at radius 3 is 2.40 bits per heavy atom. The molecule has 2 unspecified atom stereocenters. The largest absolute Gasteiger partial charge is 0.419 e. The summed E-state index contributed by atoms with van der Waals surface area (Å²) in [7, 11) is 0. The Balaban J connectivity index is 1.44. The third kappa shape index (κ3) is 4.68. The van der Waals surface area contributed by atoms with Crippen LogP contribution >= 0.6 is 0 Å². The molecule has 0 heterocycles. The molecule has 30 heavy (non-hydrogen) atoms. The smallest absolute Gasteiger partial charge is 0.206 e. The summed E-state index contributed by atoms with van der Waals surface area (Å²) in [6.45, 7) is 2.26. The van der Waals surface area contributed by atoms with Gasteiger partial charge in [-0.25, -0.2) is 4.39 Å². The number of benzene rings is 2. The second kappa shape index (κ2) is 8.88. The summed E-state index contributed by atoms with van der Waals surface area (Å²) < 4.78 is 53.0. The maximum atomic E-state index is 14.0. The van der Waals surface area contributed by atoms with Gasteiger partial charge in [-0.15, -0.1) is 0 Å². The Hall–Kier alpha value is -1.58. The molecule has 2 aromatic carbocycles. The molecule has 0 saturated heterocycles. The van der Waals surface area contributed by atoms with Gasteiger partial charge in [0.2, 0.25) is 0 Å². The average molecular weight is 421 g/mol. The van der Waals surface area contributed by atoms with Crippen LogP contribution in [0.1, 0.15) is 88.2 Å². The monoisotopic (exact) mass is 420 g/mol. The van der Waals surface area contributed by atoms with Crippen molar-refractivity contribution < 1.29 is 17.6 Å². The van der Waals surface area contributed by atoms with Crippen LogP contribution in [0, 0.1) is 23.6 Å². The molecule has 0 aliphatic heterocycles. The van der Waals surface area contributed by atoms with E-state index in [1.165, 1.54) is 57.8 Å². The molecule has 2 aliphatic carbocycles. The Kier molecular flexibility index (Phi) is 6.41. The van der Waals surface area contributed by atoms with Crippen LogP contribution in [-0.4, -0.2) is 0 Å². The zero-order valence-electron chi connectivity index (χ0n) is 17.8. The lowest BCUT2D eigenvalue weighted by Gasteiger charge is -2.42. The van der Waals surface area contributed by atoms with Crippen molar-refractivity contribution in [1.29, 1.82) is 0 Å². The standard InChI is InChI=1S/C26H32F4/c1-2-3-4-5-17-6-7-19-13-20(9-8-18(19)12-17)21-10-11-22-15-24(26(28,29)30)25(27)16-23(22)14-21/h10-11,14-20H,2-9,12-13H2,1H3/t17-,18?,19-,20?/m1/s1. The van der Waals surface area contributed by atoms with Crippen molar-refractivity contribution in [2.24, 2.45) is 17.8 Å². The van der Waals surface area contributed by atoms with E-state index >= 15 is 0 Å². The van der Waals surface area contributed by atoms with Gasteiger partial charge in [-0.1, -0.05) is 57.2 Å². The van der Waals surface area contributed by atoms with Crippen LogP contribution in [0.2, 0.25) is 0 Å². The highest BCUT2D eigenvalue weighted by Crippen LogP contribution is 2.48. The molecular weight excluding hydrogens is 388 g/mol. The van der Waals surface area contributed by atoms with Gasteiger partial charge in [0.05, 0.1) is 5.56 Å². The summed E-state index contributed by atoms with van der Waals surface area (Å²) in [5.74, 6) is 1.77. The molecule has 164 valence electrons. The first-order valence-electron chi connectivity index (χ1n) is 11.7. The zero-order chi connectivity index (χ0) is 21.3. The predicted molar refractivity (Wildman–Crippen MR) is 114 cm³/mol. The highest BCUT2D eigenvalue weighted by molar-refractivity contribution is 5.84. The molecule has 0 N–H and O–H groups in total. The highest BCUT2D eigenvalue weighted by Gasteiger charge is 2.36. The minimum absolute atomic E-state index is 0.442. The SMILES string of the molecule is CCCCC[C@@H]1CC[C@@H]2CC(c3ccc4cc(C(F)(F)F)c(F)cc4c3)CCC2C1. The average Bonchev–Trinajstić information content (AvgIpc) is 2.72. The molecule has 0 nitrogen and oxygen atoms in total. The Bertz CT molecular complexity index is 869. The summed E-state index contributed by atoms with van der Waals surface area (Å²) in [6.07, 6.45) is 8.32. The van der Waals surface area contributed by atoms with Crippen LogP contribution in [0.25, 0.3) is 10.8 Å². The van der Waals surface area contributed by atoms with E-state index < -0.39 is 17.6 Å². The van der Waals surface area contributed by atoms with E-state index in [4.69, 9.17) is 0 Å². The zero-order valence-corrected chi connectivity index (χ0v) is 17.8. The number of halogens is 4. The number of hydrogen-bond donors (Lipinski definition) is 0. The fourth-order valence-corrected chi connectivity index (χ4v) is 5.99. The summed E-state index contributed by atoms with van der Waals surface area (Å²) in [6, 6.07) is 7.59. The topological polar surface area (TPSA) is 0 Å². The second-order valence-electron chi connectivity index (χ2n) is 9.64. The van der Waals surface area contributed by atoms with Crippen LogP contribution in [0.4, 0.5) is 17.6 Å². The maximum absolute atomic E-state index is 14.0. The minimum atomic E-state index is -4.66. The molecule has 0 amide bonds. The third-order valence-corrected chi connectivity index (χ3v) is 7.66. The second-order valence-corrected chi connectivity index (χ2v) is 9.64. The maximum Gasteiger partial charge on any atom is 0.419 e. The van der Waals surface area contributed by atoms with Crippen molar-refractivity contribution in [3.8, 4) is 0 Å². The van der Waals surface area contributed by atoms with E-state index in [2.05, 4.69) is 6.92 Å². The van der Waals surface area contributed by atoms with Crippen LogP contribution in [0.5, 0.6) is 0 Å². The van der Waals surface area contributed by atoms with Gasteiger partial charge in [0, 0.05) is 0 Å². The number of alkyl halides is 3. The Morgan fingerprint density at radius 2 is 1.63 bits per heavy atom. The first kappa shape index (κ1) is 21.6. The number of hydrogen-bond acceptors (Lipinski definition) is 0. The number of rotatable bonds is 5. The van der Waals surface area contributed by atoms with E-state index in [0.717, 1.165) is 41.9 Å². The lowest BCUT2D eigenvalue weighted by Crippen LogP contribution is -2.30. The van der Waals surface area contributed by atoms with Crippen molar-refractivity contribution in [3.63, 3.8) is 0 Å². The van der Waals surface area contributed by atoms with E-state index in [0.29, 0.717) is 16.7 Å². The quantitative estimate of drug-likeness (QED) is 0.335. The normalized spacial score (nSPS) is 27.2. The molecule has 0 spiro atoms. The molecule has 2 saturated carbocycles. The molecule has 2 aromatic rings. The van der Waals surface area contributed by atoms with Crippen molar-refractivity contribution in [3.05, 3.63) is 47.3 Å². The molecule has 0 bridgehead atoms. The Labute approximate surface area is 177 Å². The number of fused-ring (bicyclic) bond motifs is 2. The van der Waals surface area contributed by atoms with Gasteiger partial charge < -0.3 is 0 Å². The third-order valence-electron chi connectivity index (χ3n) is 7.66. The molecule has 0 aromatic heterocycles. The Morgan fingerprint density at radius 1 is 0.867 bits per heavy atom. The summed E-state index contributed by atoms with van der Waals surface area (Å²) in [5.41, 5.74) is -0.0240. The molecule has 4 rings (SSSR count). The van der Waals surface area contributed by atoms with Crippen molar-refractivity contribution in [2.45, 2.75) is 83.2 Å². The van der Waals surface area contributed by atoms with Gasteiger partial charge in [0.25, 0.3) is 0 Å². The van der Waals surface area contributed by atoms with Crippen LogP contribution in [0.3, 0.4) is 0 Å². The predicted octanol–water partition coefficient (Wildman–Crippen LogP) is 8.88. The van der Waals surface area contributed by atoms with Crippen LogP contribution < -0.4 is 0 Å². The number of unbranched alkanes of at least 4 members (excludes halogenated alkanes) is 2. The van der Waals surface area contributed by atoms with Gasteiger partial charge in [0.1, 0.15) is 5.82 Å². The summed E-state index contributed by atoms with van der Waals surface area (Å²) >= 11 is 0. The van der Waals surface area contributed by atoms with Gasteiger partial charge in [-0.3, -0.25) is 0 Å². The van der Waals surface area contributed by atoms with E-state index in [1.807, 2.05) is 12.1 Å². The van der Waals surface area contributed by atoms with Gasteiger partial charge in [-0.2, -0.15) is 13.2 Å². The molecule has 4 heteroatoms. The first-order valence-corrected chi connectivity index (χ1v) is 11.7. The van der Waals surface area contributed by atoms with Gasteiger partial charge >= 0.3 is 6.18 Å². The van der Waals surface area contributed by atoms with E-state index in [-0.39, 0.29) is 0 Å². The lowest BCUT2D eigenvalue weighted by atomic mass is 9.63. The highest BCUT2D eigenvalue weighted by atomic mass is 19.4. The van der Waals surface area contributed by atoms with Gasteiger partial charge in [-0.05, 0) is 84.2 Å². The van der Waals surface area contributed by atoms with Crippen LogP contribution in [0.15, 0.2) is 30.3 Å². The van der Waals surface area contributed by atoms with Crippen LogP contribution in [-0.2, 0) is 6.18 Å². The fourth-order valence-electron chi connectivity index (χ4n) is 5.99. The molecular formula is C26H32F4. The fraction of sp³-hybridized carbons (Fsp3) is 0.615.